The Labute approximate surface area is 146 Å². The summed E-state index contributed by atoms with van der Waals surface area (Å²) in [6.07, 6.45) is -0.0918. The van der Waals surface area contributed by atoms with Crippen LogP contribution in [0.4, 0.5) is 19.3 Å². The van der Waals surface area contributed by atoms with Gasteiger partial charge in [-0.15, -0.1) is 0 Å². The second kappa shape index (κ2) is 9.53. The highest BCUT2D eigenvalue weighted by Crippen LogP contribution is 2.25. The first-order valence-electron chi connectivity index (χ1n) is 8.36. The third-order valence-corrected chi connectivity index (χ3v) is 3.69. The highest BCUT2D eigenvalue weighted by Gasteiger charge is 2.21. The molecule has 1 atom stereocenters. The predicted molar refractivity (Wildman–Crippen MR) is 91.1 cm³/mol. The maximum absolute atomic E-state index is 12.4. The molecule has 1 saturated heterocycles. The van der Waals surface area contributed by atoms with E-state index in [4.69, 9.17) is 4.74 Å². The van der Waals surface area contributed by atoms with Gasteiger partial charge in [0.05, 0.1) is 18.4 Å². The van der Waals surface area contributed by atoms with E-state index in [1.165, 1.54) is 12.1 Å². The molecular weight excluding hydrogens is 332 g/mol. The van der Waals surface area contributed by atoms with E-state index in [1.807, 2.05) is 0 Å². The number of urea groups is 1. The standard InChI is InChI=1S/C17H25F2N3O3/c1-12(2)10-22-7-8-24-13(11-22)9-20-17(23)21-14-5-3-4-6-15(14)25-16(18)19/h3-6,12-13,16H,7-11H2,1-2H3,(H2,20,21,23). The fraction of sp³-hybridized carbons (Fsp3) is 0.588. The Bertz CT molecular complexity index is 558. The van der Waals surface area contributed by atoms with Crippen molar-refractivity contribution >= 4 is 11.7 Å². The maximum Gasteiger partial charge on any atom is 0.387 e. The van der Waals surface area contributed by atoms with Gasteiger partial charge < -0.3 is 20.1 Å². The van der Waals surface area contributed by atoms with E-state index < -0.39 is 12.6 Å². The Balaban J connectivity index is 1.81. The first kappa shape index (κ1) is 19.4. The van der Waals surface area contributed by atoms with Gasteiger partial charge in [-0.25, -0.2) is 4.79 Å². The predicted octanol–water partition coefficient (Wildman–Crippen LogP) is 2.77. The molecule has 1 heterocycles. The van der Waals surface area contributed by atoms with Gasteiger partial charge in [-0.1, -0.05) is 26.0 Å². The van der Waals surface area contributed by atoms with Crippen LogP contribution in [0.25, 0.3) is 0 Å². The van der Waals surface area contributed by atoms with Crippen LogP contribution in [0.5, 0.6) is 5.75 Å². The Morgan fingerprint density at radius 1 is 1.40 bits per heavy atom. The molecule has 1 aliphatic rings. The van der Waals surface area contributed by atoms with E-state index in [2.05, 4.69) is 34.1 Å². The van der Waals surface area contributed by atoms with Crippen molar-refractivity contribution in [3.63, 3.8) is 0 Å². The highest BCUT2D eigenvalue weighted by molar-refractivity contribution is 5.90. The van der Waals surface area contributed by atoms with E-state index >= 15 is 0 Å². The largest absolute Gasteiger partial charge is 0.433 e. The minimum Gasteiger partial charge on any atom is -0.433 e. The van der Waals surface area contributed by atoms with Crippen LogP contribution >= 0.6 is 0 Å². The van der Waals surface area contributed by atoms with Gasteiger partial charge in [0.1, 0.15) is 5.75 Å². The molecule has 1 aliphatic heterocycles. The summed E-state index contributed by atoms with van der Waals surface area (Å²) in [5, 5.41) is 5.23. The van der Waals surface area contributed by atoms with Crippen molar-refractivity contribution < 1.29 is 23.0 Å². The number of carbonyl (C=O) groups excluding carboxylic acids is 1. The Hall–Kier alpha value is -1.93. The molecule has 1 unspecified atom stereocenters. The van der Waals surface area contributed by atoms with Gasteiger partial charge in [0, 0.05) is 26.2 Å². The Kier molecular flexibility index (Phi) is 7.39. The van der Waals surface area contributed by atoms with E-state index in [1.54, 1.807) is 12.1 Å². The number of carbonyl (C=O) groups is 1. The van der Waals surface area contributed by atoms with Crippen LogP contribution in [0.3, 0.4) is 0 Å². The molecule has 25 heavy (non-hydrogen) atoms. The van der Waals surface area contributed by atoms with E-state index in [9.17, 15) is 13.6 Å². The number of para-hydroxylation sites is 2. The number of hydrogen-bond acceptors (Lipinski definition) is 4. The minimum absolute atomic E-state index is 0.0790. The number of ether oxygens (including phenoxy) is 2. The van der Waals surface area contributed by atoms with E-state index in [0.29, 0.717) is 19.1 Å². The summed E-state index contributed by atoms with van der Waals surface area (Å²) in [5.74, 6) is 0.492. The number of amides is 2. The Morgan fingerprint density at radius 3 is 2.88 bits per heavy atom. The lowest BCUT2D eigenvalue weighted by atomic mass is 10.2. The topological polar surface area (TPSA) is 62.8 Å². The first-order chi connectivity index (χ1) is 11.9. The molecule has 140 valence electrons. The molecular formula is C17H25F2N3O3. The summed E-state index contributed by atoms with van der Waals surface area (Å²) < 4.78 is 34.8. The van der Waals surface area contributed by atoms with Gasteiger partial charge in [-0.05, 0) is 18.1 Å². The normalized spacial score (nSPS) is 18.4. The van der Waals surface area contributed by atoms with Crippen LogP contribution in [0.1, 0.15) is 13.8 Å². The lowest BCUT2D eigenvalue weighted by Gasteiger charge is -2.33. The van der Waals surface area contributed by atoms with Gasteiger partial charge in [-0.3, -0.25) is 4.90 Å². The summed E-state index contributed by atoms with van der Waals surface area (Å²) in [7, 11) is 0. The average molecular weight is 357 g/mol. The summed E-state index contributed by atoms with van der Waals surface area (Å²) in [4.78, 5) is 14.3. The second-order valence-electron chi connectivity index (χ2n) is 6.36. The molecule has 2 amide bonds. The van der Waals surface area contributed by atoms with Crippen LogP contribution in [0, 0.1) is 5.92 Å². The van der Waals surface area contributed by atoms with Gasteiger partial charge in [0.15, 0.2) is 0 Å². The quantitative estimate of drug-likeness (QED) is 0.788. The number of benzene rings is 1. The van der Waals surface area contributed by atoms with Crippen LogP contribution in [0.2, 0.25) is 0 Å². The van der Waals surface area contributed by atoms with Crippen molar-refractivity contribution in [1.29, 1.82) is 0 Å². The van der Waals surface area contributed by atoms with Crippen LogP contribution in [0.15, 0.2) is 24.3 Å². The van der Waals surface area contributed by atoms with Crippen LogP contribution in [-0.4, -0.2) is 56.4 Å². The monoisotopic (exact) mass is 357 g/mol. The van der Waals surface area contributed by atoms with Crippen molar-refractivity contribution in [1.82, 2.24) is 10.2 Å². The molecule has 0 aliphatic carbocycles. The van der Waals surface area contributed by atoms with Crippen molar-refractivity contribution in [2.45, 2.75) is 26.6 Å². The lowest BCUT2D eigenvalue weighted by Crippen LogP contribution is -2.48. The van der Waals surface area contributed by atoms with E-state index in [0.717, 1.165) is 19.6 Å². The average Bonchev–Trinajstić information content (AvgIpc) is 2.54. The van der Waals surface area contributed by atoms with Gasteiger partial charge >= 0.3 is 12.6 Å². The number of morpholine rings is 1. The highest BCUT2D eigenvalue weighted by atomic mass is 19.3. The van der Waals surface area contributed by atoms with Gasteiger partial charge in [0.25, 0.3) is 0 Å². The molecule has 6 nitrogen and oxygen atoms in total. The maximum atomic E-state index is 12.4. The molecule has 0 bridgehead atoms. The SMILES string of the molecule is CC(C)CN1CCOC(CNC(=O)Nc2ccccc2OC(F)F)C1. The summed E-state index contributed by atoms with van der Waals surface area (Å²) in [6, 6.07) is 5.56. The number of hydrogen-bond donors (Lipinski definition) is 2. The van der Waals surface area contributed by atoms with Crippen molar-refractivity contribution in [2.75, 3.05) is 38.1 Å². The molecule has 1 aromatic carbocycles. The van der Waals surface area contributed by atoms with Gasteiger partial charge in [0.2, 0.25) is 0 Å². The summed E-state index contributed by atoms with van der Waals surface area (Å²) in [6.45, 7) is 4.98. The molecule has 8 heteroatoms. The number of nitrogens with zero attached hydrogens (tertiary/aromatic N) is 1. The summed E-state index contributed by atoms with van der Waals surface area (Å²) in [5.41, 5.74) is 0.186. The first-order valence-corrected chi connectivity index (χ1v) is 8.36. The molecule has 0 aromatic heterocycles. The zero-order valence-corrected chi connectivity index (χ0v) is 14.5. The van der Waals surface area contributed by atoms with Gasteiger partial charge in [-0.2, -0.15) is 8.78 Å². The summed E-state index contributed by atoms with van der Waals surface area (Å²) >= 11 is 0. The zero-order chi connectivity index (χ0) is 18.2. The molecule has 1 fully saturated rings. The molecule has 0 saturated carbocycles. The zero-order valence-electron chi connectivity index (χ0n) is 14.5. The van der Waals surface area contributed by atoms with Crippen LogP contribution in [-0.2, 0) is 4.74 Å². The molecule has 1 aromatic rings. The third-order valence-electron chi connectivity index (χ3n) is 3.69. The third kappa shape index (κ3) is 6.83. The molecule has 0 spiro atoms. The fourth-order valence-electron chi connectivity index (χ4n) is 2.73. The fourth-order valence-corrected chi connectivity index (χ4v) is 2.73. The molecule has 2 rings (SSSR count). The second-order valence-corrected chi connectivity index (χ2v) is 6.36. The van der Waals surface area contributed by atoms with Crippen LogP contribution < -0.4 is 15.4 Å². The molecule has 2 N–H and O–H groups in total. The lowest BCUT2D eigenvalue weighted by molar-refractivity contribution is -0.0493. The number of anilines is 1. The van der Waals surface area contributed by atoms with Crippen molar-refractivity contribution in [3.8, 4) is 5.75 Å². The van der Waals surface area contributed by atoms with Crippen molar-refractivity contribution in [2.24, 2.45) is 5.92 Å². The smallest absolute Gasteiger partial charge is 0.387 e. The van der Waals surface area contributed by atoms with E-state index in [-0.39, 0.29) is 17.5 Å². The minimum atomic E-state index is -2.95. The Morgan fingerprint density at radius 2 is 2.16 bits per heavy atom. The number of alkyl halides is 2. The number of rotatable bonds is 7. The number of nitrogens with one attached hydrogen (secondary N) is 2. The van der Waals surface area contributed by atoms with Crippen molar-refractivity contribution in [3.05, 3.63) is 24.3 Å². The number of halogens is 2. The molecule has 0 radical (unpaired) electrons.